The minimum absolute atomic E-state index is 0.0992. The molecule has 0 atom stereocenters. The monoisotopic (exact) mass is 171 g/mol. The molecule has 0 aromatic rings. The highest BCUT2D eigenvalue weighted by Gasteiger charge is 2.12. The first-order chi connectivity index (χ1) is 5.56. The second-order valence-corrected chi connectivity index (χ2v) is 3.16. The third kappa shape index (κ3) is 6.14. The molecule has 0 heterocycles. The first-order valence-corrected chi connectivity index (χ1v) is 4.24. The lowest BCUT2D eigenvalue weighted by Crippen LogP contribution is -2.24. The summed E-state index contributed by atoms with van der Waals surface area (Å²) in [6.45, 7) is 7.70. The second kappa shape index (κ2) is 5.99. The summed E-state index contributed by atoms with van der Waals surface area (Å²) in [5.41, 5.74) is 0. The molecular weight excluding hydrogens is 154 g/mol. The van der Waals surface area contributed by atoms with Gasteiger partial charge in [-0.05, 0) is 27.7 Å². The Bertz CT molecular complexity index is 139. The molecule has 0 bridgehead atoms. The molecule has 0 rings (SSSR count). The SMILES string of the molecule is CC(C)OC(CC#N)OC(C)C. The van der Waals surface area contributed by atoms with E-state index < -0.39 is 0 Å². The molecule has 0 saturated carbocycles. The van der Waals surface area contributed by atoms with Crippen molar-refractivity contribution in [2.24, 2.45) is 0 Å². The number of ether oxygens (including phenoxy) is 2. The molecule has 70 valence electrons. The van der Waals surface area contributed by atoms with Gasteiger partial charge in [-0.25, -0.2) is 0 Å². The maximum atomic E-state index is 8.45. The van der Waals surface area contributed by atoms with E-state index in [1.807, 2.05) is 33.8 Å². The van der Waals surface area contributed by atoms with Gasteiger partial charge in [0, 0.05) is 0 Å². The standard InChI is InChI=1S/C9H17NO2/c1-7(2)11-9(5-6-10)12-8(3)4/h7-9H,5H2,1-4H3. The normalized spacial score (nSPS) is 11.2. The molecular formula is C9H17NO2. The van der Waals surface area contributed by atoms with E-state index >= 15 is 0 Å². The fourth-order valence-corrected chi connectivity index (χ4v) is 0.810. The summed E-state index contributed by atoms with van der Waals surface area (Å²) in [7, 11) is 0. The smallest absolute Gasteiger partial charge is 0.171 e. The molecule has 0 aliphatic heterocycles. The van der Waals surface area contributed by atoms with Crippen LogP contribution in [0.2, 0.25) is 0 Å². The summed E-state index contributed by atoms with van der Waals surface area (Å²) < 4.78 is 10.7. The number of rotatable bonds is 5. The van der Waals surface area contributed by atoms with Crippen molar-refractivity contribution in [3.05, 3.63) is 0 Å². The van der Waals surface area contributed by atoms with Gasteiger partial charge in [-0.3, -0.25) is 0 Å². The number of nitriles is 1. The number of hydrogen-bond acceptors (Lipinski definition) is 3. The van der Waals surface area contributed by atoms with E-state index in [1.54, 1.807) is 0 Å². The van der Waals surface area contributed by atoms with E-state index in [-0.39, 0.29) is 24.9 Å². The number of nitrogens with zero attached hydrogens (tertiary/aromatic N) is 1. The topological polar surface area (TPSA) is 42.2 Å². The van der Waals surface area contributed by atoms with Gasteiger partial charge >= 0.3 is 0 Å². The van der Waals surface area contributed by atoms with Crippen LogP contribution in [0.15, 0.2) is 0 Å². The lowest BCUT2D eigenvalue weighted by atomic mass is 10.4. The van der Waals surface area contributed by atoms with E-state index in [9.17, 15) is 0 Å². The lowest BCUT2D eigenvalue weighted by molar-refractivity contribution is -0.177. The molecule has 0 aromatic heterocycles. The van der Waals surface area contributed by atoms with Gasteiger partial charge in [-0.1, -0.05) is 0 Å². The number of hydrogen-bond donors (Lipinski definition) is 0. The average molecular weight is 171 g/mol. The van der Waals surface area contributed by atoms with Crippen molar-refractivity contribution in [2.75, 3.05) is 0 Å². The highest BCUT2D eigenvalue weighted by atomic mass is 16.7. The van der Waals surface area contributed by atoms with Crippen molar-refractivity contribution in [1.29, 1.82) is 5.26 Å². The van der Waals surface area contributed by atoms with E-state index in [4.69, 9.17) is 14.7 Å². The molecule has 12 heavy (non-hydrogen) atoms. The van der Waals surface area contributed by atoms with Gasteiger partial charge in [-0.15, -0.1) is 0 Å². The van der Waals surface area contributed by atoms with Crippen molar-refractivity contribution in [1.82, 2.24) is 0 Å². The Morgan fingerprint density at radius 3 is 1.75 bits per heavy atom. The Labute approximate surface area is 74.3 Å². The van der Waals surface area contributed by atoms with Crippen molar-refractivity contribution >= 4 is 0 Å². The van der Waals surface area contributed by atoms with Crippen molar-refractivity contribution in [3.8, 4) is 6.07 Å². The minimum atomic E-state index is -0.380. The maximum Gasteiger partial charge on any atom is 0.171 e. The van der Waals surface area contributed by atoms with Crippen LogP contribution >= 0.6 is 0 Å². The molecule has 0 radical (unpaired) electrons. The predicted molar refractivity (Wildman–Crippen MR) is 46.5 cm³/mol. The minimum Gasteiger partial charge on any atom is -0.349 e. The van der Waals surface area contributed by atoms with Gasteiger partial charge in [0.2, 0.25) is 0 Å². The van der Waals surface area contributed by atoms with Crippen LogP contribution in [0.1, 0.15) is 34.1 Å². The summed E-state index contributed by atoms with van der Waals surface area (Å²) in [6, 6.07) is 2.03. The highest BCUT2D eigenvalue weighted by Crippen LogP contribution is 2.06. The molecule has 3 heteroatoms. The predicted octanol–water partition coefficient (Wildman–Crippen LogP) is 2.08. The molecule has 0 aliphatic rings. The summed E-state index contributed by atoms with van der Waals surface area (Å²) in [6.07, 6.45) is 0.107. The zero-order valence-corrected chi connectivity index (χ0v) is 8.20. The molecule has 0 aliphatic carbocycles. The quantitative estimate of drug-likeness (QED) is 0.595. The Kier molecular flexibility index (Phi) is 5.69. The molecule has 0 N–H and O–H groups in total. The Balaban J connectivity index is 3.79. The Morgan fingerprint density at radius 2 is 1.50 bits per heavy atom. The van der Waals surface area contributed by atoms with Crippen LogP contribution in [0.25, 0.3) is 0 Å². The first-order valence-electron chi connectivity index (χ1n) is 4.24. The van der Waals surface area contributed by atoms with Gasteiger partial charge in [0.25, 0.3) is 0 Å². The van der Waals surface area contributed by atoms with E-state index in [0.29, 0.717) is 0 Å². The molecule has 0 unspecified atom stereocenters. The van der Waals surface area contributed by atoms with Crippen LogP contribution in [-0.2, 0) is 9.47 Å². The highest BCUT2D eigenvalue weighted by molar-refractivity contribution is 4.72. The van der Waals surface area contributed by atoms with Crippen LogP contribution in [0, 0.1) is 11.3 Å². The molecule has 0 aromatic carbocycles. The van der Waals surface area contributed by atoms with E-state index in [1.165, 1.54) is 0 Å². The van der Waals surface area contributed by atoms with Gasteiger partial charge in [0.1, 0.15) is 0 Å². The van der Waals surface area contributed by atoms with Crippen LogP contribution < -0.4 is 0 Å². The first kappa shape index (κ1) is 11.4. The maximum absolute atomic E-state index is 8.45. The van der Waals surface area contributed by atoms with Gasteiger partial charge < -0.3 is 9.47 Å². The van der Waals surface area contributed by atoms with Crippen LogP contribution in [0.4, 0.5) is 0 Å². The summed E-state index contributed by atoms with van der Waals surface area (Å²) in [5, 5.41) is 8.45. The fraction of sp³-hybridized carbons (Fsp3) is 0.889. The van der Waals surface area contributed by atoms with Crippen LogP contribution in [0.5, 0.6) is 0 Å². The zero-order chi connectivity index (χ0) is 9.56. The van der Waals surface area contributed by atoms with Crippen LogP contribution in [-0.4, -0.2) is 18.5 Å². The van der Waals surface area contributed by atoms with Crippen molar-refractivity contribution in [2.45, 2.75) is 52.6 Å². The van der Waals surface area contributed by atoms with Gasteiger partial charge in [-0.2, -0.15) is 5.26 Å². The van der Waals surface area contributed by atoms with E-state index in [0.717, 1.165) is 0 Å². The third-order valence-electron chi connectivity index (χ3n) is 1.11. The molecule has 3 nitrogen and oxygen atoms in total. The fourth-order valence-electron chi connectivity index (χ4n) is 0.810. The summed E-state index contributed by atoms with van der Waals surface area (Å²) >= 11 is 0. The third-order valence-corrected chi connectivity index (χ3v) is 1.11. The second-order valence-electron chi connectivity index (χ2n) is 3.16. The molecule has 0 fully saturated rings. The van der Waals surface area contributed by atoms with E-state index in [2.05, 4.69) is 0 Å². The Morgan fingerprint density at radius 1 is 1.08 bits per heavy atom. The lowest BCUT2D eigenvalue weighted by Gasteiger charge is -2.20. The largest absolute Gasteiger partial charge is 0.349 e. The van der Waals surface area contributed by atoms with Crippen molar-refractivity contribution in [3.63, 3.8) is 0 Å². The molecule has 0 saturated heterocycles. The van der Waals surface area contributed by atoms with Crippen LogP contribution in [0.3, 0.4) is 0 Å². The van der Waals surface area contributed by atoms with Gasteiger partial charge in [0.05, 0.1) is 24.7 Å². The molecule has 0 spiro atoms. The average Bonchev–Trinajstić information content (AvgIpc) is 1.84. The summed E-state index contributed by atoms with van der Waals surface area (Å²) in [5.74, 6) is 0. The zero-order valence-electron chi connectivity index (χ0n) is 8.20. The Hall–Kier alpha value is -0.590. The summed E-state index contributed by atoms with van der Waals surface area (Å²) in [4.78, 5) is 0. The van der Waals surface area contributed by atoms with Crippen molar-refractivity contribution < 1.29 is 9.47 Å². The van der Waals surface area contributed by atoms with Gasteiger partial charge in [0.15, 0.2) is 6.29 Å². The molecule has 0 amide bonds.